The van der Waals surface area contributed by atoms with E-state index in [4.69, 9.17) is 28.4 Å². The van der Waals surface area contributed by atoms with E-state index in [0.29, 0.717) is 28.7 Å². The molecule has 3 aromatic rings. The van der Waals surface area contributed by atoms with E-state index < -0.39 is 0 Å². The van der Waals surface area contributed by atoms with Gasteiger partial charge in [-0.15, -0.1) is 0 Å². The third-order valence-electron chi connectivity index (χ3n) is 4.65. The SMILES string of the molecule is COCOc1c(OC)ccc2c(C)c(-c3cc(OC)c(OC)c(OC)c3)[nH]c12. The molecular formula is C21H25NO6. The Hall–Kier alpha value is -3.06. The minimum Gasteiger partial charge on any atom is -0.493 e. The van der Waals surface area contributed by atoms with Gasteiger partial charge < -0.3 is 33.4 Å². The number of H-pyrrole nitrogens is 1. The molecule has 0 saturated carbocycles. The van der Waals surface area contributed by atoms with Crippen molar-refractivity contribution >= 4 is 10.9 Å². The Labute approximate surface area is 164 Å². The van der Waals surface area contributed by atoms with Gasteiger partial charge in [0.2, 0.25) is 5.75 Å². The van der Waals surface area contributed by atoms with Crippen LogP contribution in [0.25, 0.3) is 22.2 Å². The summed E-state index contributed by atoms with van der Waals surface area (Å²) in [6, 6.07) is 7.70. The summed E-state index contributed by atoms with van der Waals surface area (Å²) in [5.74, 6) is 2.95. The summed E-state index contributed by atoms with van der Waals surface area (Å²) in [6.45, 7) is 2.16. The van der Waals surface area contributed by atoms with Gasteiger partial charge in [-0.2, -0.15) is 0 Å². The summed E-state index contributed by atoms with van der Waals surface area (Å²) in [5.41, 5.74) is 3.72. The molecule has 0 bridgehead atoms. The van der Waals surface area contributed by atoms with Crippen LogP contribution in [0.1, 0.15) is 5.56 Å². The number of aromatic nitrogens is 1. The molecule has 3 rings (SSSR count). The monoisotopic (exact) mass is 387 g/mol. The summed E-state index contributed by atoms with van der Waals surface area (Å²) in [7, 11) is 7.96. The largest absolute Gasteiger partial charge is 0.493 e. The third kappa shape index (κ3) is 3.29. The van der Waals surface area contributed by atoms with Crippen molar-refractivity contribution in [2.45, 2.75) is 6.92 Å². The molecule has 0 atom stereocenters. The van der Waals surface area contributed by atoms with Crippen molar-refractivity contribution in [3.8, 4) is 40.0 Å². The van der Waals surface area contributed by atoms with Gasteiger partial charge in [0.05, 0.1) is 34.0 Å². The Morgan fingerprint density at radius 1 is 0.786 bits per heavy atom. The minimum atomic E-state index is 0.118. The van der Waals surface area contributed by atoms with Gasteiger partial charge in [-0.05, 0) is 36.8 Å². The highest BCUT2D eigenvalue weighted by atomic mass is 16.7. The van der Waals surface area contributed by atoms with Gasteiger partial charge in [0.1, 0.15) is 0 Å². The standard InChI is InChI=1S/C21H25NO6/c1-12-14-7-8-15(24-3)21(28-11-23-2)19(14)22-18(12)13-9-16(25-4)20(27-6)17(10-13)26-5/h7-10,22H,11H2,1-6H3. The first-order valence-electron chi connectivity index (χ1n) is 8.70. The van der Waals surface area contributed by atoms with E-state index in [2.05, 4.69) is 4.98 Å². The molecule has 0 saturated heterocycles. The van der Waals surface area contributed by atoms with Crippen LogP contribution in [0.5, 0.6) is 28.7 Å². The van der Waals surface area contributed by atoms with Gasteiger partial charge in [-0.1, -0.05) is 0 Å². The zero-order valence-electron chi connectivity index (χ0n) is 17.0. The minimum absolute atomic E-state index is 0.118. The van der Waals surface area contributed by atoms with E-state index in [-0.39, 0.29) is 6.79 Å². The maximum Gasteiger partial charge on any atom is 0.203 e. The smallest absolute Gasteiger partial charge is 0.203 e. The molecule has 0 amide bonds. The first-order chi connectivity index (χ1) is 13.6. The molecule has 2 aromatic carbocycles. The third-order valence-corrected chi connectivity index (χ3v) is 4.65. The van der Waals surface area contributed by atoms with E-state index in [1.165, 1.54) is 0 Å². The van der Waals surface area contributed by atoms with Crippen LogP contribution in [-0.4, -0.2) is 47.3 Å². The maximum absolute atomic E-state index is 5.77. The van der Waals surface area contributed by atoms with Crippen molar-refractivity contribution < 1.29 is 28.4 Å². The molecule has 150 valence electrons. The van der Waals surface area contributed by atoms with E-state index in [1.54, 1.807) is 35.5 Å². The molecule has 0 aliphatic carbocycles. The summed E-state index contributed by atoms with van der Waals surface area (Å²) in [4.78, 5) is 3.46. The lowest BCUT2D eigenvalue weighted by atomic mass is 10.0. The first kappa shape index (κ1) is 19.7. The zero-order chi connectivity index (χ0) is 20.3. The van der Waals surface area contributed by atoms with Crippen LogP contribution in [0.15, 0.2) is 24.3 Å². The molecular weight excluding hydrogens is 362 g/mol. The van der Waals surface area contributed by atoms with Crippen LogP contribution in [0.2, 0.25) is 0 Å². The Balaban J connectivity index is 2.23. The fourth-order valence-corrected chi connectivity index (χ4v) is 3.29. The summed E-state index contributed by atoms with van der Waals surface area (Å²) in [6.07, 6.45) is 0. The first-order valence-corrected chi connectivity index (χ1v) is 8.70. The number of benzene rings is 2. The second-order valence-electron chi connectivity index (χ2n) is 6.11. The van der Waals surface area contributed by atoms with Crippen molar-refractivity contribution in [2.75, 3.05) is 42.3 Å². The molecule has 0 aliphatic heterocycles. The molecule has 0 radical (unpaired) electrons. The number of fused-ring (bicyclic) bond motifs is 1. The second-order valence-corrected chi connectivity index (χ2v) is 6.11. The number of hydrogen-bond donors (Lipinski definition) is 1. The van der Waals surface area contributed by atoms with Crippen LogP contribution in [0, 0.1) is 6.92 Å². The van der Waals surface area contributed by atoms with Crippen LogP contribution >= 0.6 is 0 Å². The molecule has 7 heteroatoms. The van der Waals surface area contributed by atoms with Crippen LogP contribution in [0.4, 0.5) is 0 Å². The molecule has 1 N–H and O–H groups in total. The zero-order valence-corrected chi connectivity index (χ0v) is 17.0. The van der Waals surface area contributed by atoms with Crippen molar-refractivity contribution in [2.24, 2.45) is 0 Å². The average Bonchev–Trinajstić information content (AvgIpc) is 3.07. The molecule has 1 aromatic heterocycles. The summed E-state index contributed by atoms with van der Waals surface area (Å²) < 4.78 is 32.7. The lowest BCUT2D eigenvalue weighted by molar-refractivity contribution is 0.0502. The lowest BCUT2D eigenvalue weighted by Gasteiger charge is -2.14. The van der Waals surface area contributed by atoms with Crippen molar-refractivity contribution in [3.63, 3.8) is 0 Å². The number of nitrogens with one attached hydrogen (secondary N) is 1. The quantitative estimate of drug-likeness (QED) is 0.585. The van der Waals surface area contributed by atoms with Crippen LogP contribution in [-0.2, 0) is 4.74 Å². The number of aromatic amines is 1. The van der Waals surface area contributed by atoms with Gasteiger partial charge in [0.25, 0.3) is 0 Å². The predicted molar refractivity (Wildman–Crippen MR) is 107 cm³/mol. The van der Waals surface area contributed by atoms with Gasteiger partial charge in [-0.3, -0.25) is 0 Å². The highest BCUT2D eigenvalue weighted by molar-refractivity contribution is 5.96. The topological polar surface area (TPSA) is 71.2 Å². The lowest BCUT2D eigenvalue weighted by Crippen LogP contribution is -2.01. The molecule has 7 nitrogen and oxygen atoms in total. The van der Waals surface area contributed by atoms with Gasteiger partial charge in [0, 0.05) is 23.8 Å². The fourth-order valence-electron chi connectivity index (χ4n) is 3.29. The Bertz CT molecular complexity index is 954. The Morgan fingerprint density at radius 2 is 1.43 bits per heavy atom. The van der Waals surface area contributed by atoms with E-state index in [0.717, 1.165) is 27.7 Å². The highest BCUT2D eigenvalue weighted by Gasteiger charge is 2.20. The molecule has 0 aliphatic rings. The van der Waals surface area contributed by atoms with Crippen molar-refractivity contribution in [1.82, 2.24) is 4.98 Å². The number of methoxy groups -OCH3 is 5. The van der Waals surface area contributed by atoms with Crippen LogP contribution in [0.3, 0.4) is 0 Å². The van der Waals surface area contributed by atoms with Crippen LogP contribution < -0.4 is 23.7 Å². The maximum atomic E-state index is 5.77. The number of aryl methyl sites for hydroxylation is 1. The summed E-state index contributed by atoms with van der Waals surface area (Å²) in [5, 5.41) is 1.02. The van der Waals surface area contributed by atoms with Gasteiger partial charge in [-0.25, -0.2) is 0 Å². The van der Waals surface area contributed by atoms with E-state index >= 15 is 0 Å². The van der Waals surface area contributed by atoms with Crippen molar-refractivity contribution in [1.29, 1.82) is 0 Å². The molecule has 1 heterocycles. The van der Waals surface area contributed by atoms with E-state index in [1.807, 2.05) is 31.2 Å². The van der Waals surface area contributed by atoms with E-state index in [9.17, 15) is 0 Å². The average molecular weight is 387 g/mol. The number of hydrogen-bond acceptors (Lipinski definition) is 6. The summed E-state index contributed by atoms with van der Waals surface area (Å²) >= 11 is 0. The molecule has 28 heavy (non-hydrogen) atoms. The second kappa shape index (κ2) is 8.31. The Kier molecular flexibility index (Phi) is 5.84. The van der Waals surface area contributed by atoms with Crippen molar-refractivity contribution in [3.05, 3.63) is 29.8 Å². The normalized spacial score (nSPS) is 10.8. The molecule has 0 fully saturated rings. The Morgan fingerprint density at radius 3 is 1.96 bits per heavy atom. The number of rotatable bonds is 8. The highest BCUT2D eigenvalue weighted by Crippen LogP contribution is 2.44. The fraction of sp³-hybridized carbons (Fsp3) is 0.333. The van der Waals surface area contributed by atoms with Gasteiger partial charge in [0.15, 0.2) is 29.8 Å². The molecule has 0 spiro atoms. The predicted octanol–water partition coefficient (Wildman–Crippen LogP) is 4.16. The van der Waals surface area contributed by atoms with Gasteiger partial charge >= 0.3 is 0 Å². The number of ether oxygens (including phenoxy) is 6. The molecule has 0 unspecified atom stereocenters.